The van der Waals surface area contributed by atoms with E-state index in [0.29, 0.717) is 11.8 Å². The lowest BCUT2D eigenvalue weighted by Crippen LogP contribution is -2.24. The molecule has 2 atom stereocenters. The molecular weight excluding hydrogens is 613 g/mol. The predicted molar refractivity (Wildman–Crippen MR) is 209 cm³/mol. The lowest BCUT2D eigenvalue weighted by Gasteiger charge is -2.32. The number of nitrogens with zero attached hydrogens (tertiary/aromatic N) is 4. The van der Waals surface area contributed by atoms with Crippen molar-refractivity contribution in [2.24, 2.45) is 5.92 Å². The van der Waals surface area contributed by atoms with Gasteiger partial charge < -0.3 is 4.74 Å². The van der Waals surface area contributed by atoms with E-state index in [1.165, 1.54) is 45.2 Å². The first kappa shape index (κ1) is 33.8. The lowest BCUT2D eigenvalue weighted by molar-refractivity contribution is 0.437. The molecule has 0 saturated heterocycles. The fourth-order valence-corrected chi connectivity index (χ4v) is 8.05. The van der Waals surface area contributed by atoms with Gasteiger partial charge in [0.1, 0.15) is 17.3 Å². The van der Waals surface area contributed by atoms with Crippen LogP contribution in [-0.2, 0) is 17.3 Å². The van der Waals surface area contributed by atoms with Crippen molar-refractivity contribution < 1.29 is 4.74 Å². The number of hydrogen-bond acceptors (Lipinski definition) is 3. The van der Waals surface area contributed by atoms with Crippen molar-refractivity contribution in [2.75, 3.05) is 0 Å². The van der Waals surface area contributed by atoms with Crippen molar-refractivity contribution in [3.63, 3.8) is 0 Å². The molecule has 5 heteroatoms. The third-order valence-corrected chi connectivity index (χ3v) is 10.6. The highest BCUT2D eigenvalue weighted by atomic mass is 16.5. The van der Waals surface area contributed by atoms with E-state index in [0.717, 1.165) is 52.6 Å². The van der Waals surface area contributed by atoms with Gasteiger partial charge in [-0.2, -0.15) is 5.10 Å². The molecule has 0 bridgehead atoms. The molecule has 3 heterocycles. The van der Waals surface area contributed by atoms with Gasteiger partial charge in [0.2, 0.25) is 0 Å². The second-order valence-electron chi connectivity index (χ2n) is 16.5. The summed E-state index contributed by atoms with van der Waals surface area (Å²) in [6.45, 7) is 22.8. The van der Waals surface area contributed by atoms with Crippen molar-refractivity contribution in [1.29, 1.82) is 0 Å². The van der Waals surface area contributed by atoms with E-state index < -0.39 is 0 Å². The number of aromatic nitrogens is 4. The van der Waals surface area contributed by atoms with Crippen molar-refractivity contribution in [3.8, 4) is 23.0 Å². The van der Waals surface area contributed by atoms with Crippen LogP contribution in [0.2, 0.25) is 0 Å². The molecule has 0 radical (unpaired) electrons. The highest BCUT2D eigenvalue weighted by Gasteiger charge is 2.35. The van der Waals surface area contributed by atoms with Crippen LogP contribution < -0.4 is 4.74 Å². The summed E-state index contributed by atoms with van der Waals surface area (Å²) in [7, 11) is 0. The summed E-state index contributed by atoms with van der Waals surface area (Å²) in [5, 5.41) is 7.69. The third-order valence-electron chi connectivity index (χ3n) is 10.6. The van der Waals surface area contributed by atoms with Crippen LogP contribution in [-0.4, -0.2) is 19.3 Å². The first-order valence-electron chi connectivity index (χ1n) is 18.3. The summed E-state index contributed by atoms with van der Waals surface area (Å²) in [5.41, 5.74) is 10.8. The van der Waals surface area contributed by atoms with E-state index in [2.05, 4.69) is 157 Å². The molecule has 3 aromatic carbocycles. The van der Waals surface area contributed by atoms with E-state index in [-0.39, 0.29) is 10.8 Å². The number of pyridine rings is 1. The minimum Gasteiger partial charge on any atom is -0.457 e. The Bertz CT molecular complexity index is 2250. The topological polar surface area (TPSA) is 44.9 Å². The number of ether oxygens (including phenoxy) is 1. The summed E-state index contributed by atoms with van der Waals surface area (Å²) in [6, 6.07) is 26.0. The minimum atomic E-state index is -0.117. The van der Waals surface area contributed by atoms with E-state index >= 15 is 0 Å². The molecule has 1 unspecified atom stereocenters. The largest absolute Gasteiger partial charge is 0.457 e. The van der Waals surface area contributed by atoms with Crippen LogP contribution in [0, 0.1) is 12.8 Å². The lowest BCUT2D eigenvalue weighted by atomic mass is 9.72. The minimum absolute atomic E-state index is 0.0927. The molecule has 0 aliphatic heterocycles. The average Bonchev–Trinajstić information content (AvgIpc) is 3.59. The number of para-hydroxylation sites is 1. The highest BCUT2D eigenvalue weighted by Crippen LogP contribution is 2.45. The fourth-order valence-electron chi connectivity index (χ4n) is 8.05. The van der Waals surface area contributed by atoms with Gasteiger partial charge in [0.15, 0.2) is 0 Å². The Kier molecular flexibility index (Phi) is 8.53. The number of allylic oxidation sites excluding steroid dienone is 2. The zero-order valence-corrected chi connectivity index (χ0v) is 31.6. The standard InChI is InChI=1S/C45H52N4O/c1-11-31-21-22-46-40(23-31)48-38-18-13-12-17-36(38)37-20-19-34(27-39(37)48)50-35-25-32(44(5,6)7)24-33(26-35)49-43(45(8,9)10)42(30(4)47-49)41-28(2)15-14-16-29(41)3/h12-13,15,17-27,29,41H,11,14,16H2,1-10H3/t29-,41?/m0/s1. The van der Waals surface area contributed by atoms with Gasteiger partial charge >= 0.3 is 0 Å². The molecule has 0 N–H and O–H groups in total. The fraction of sp³-hybridized carbons (Fsp3) is 0.378. The molecule has 0 saturated carbocycles. The predicted octanol–water partition coefficient (Wildman–Crippen LogP) is 12.1. The van der Waals surface area contributed by atoms with E-state index in [4.69, 9.17) is 14.8 Å². The molecule has 1 aliphatic rings. The number of benzene rings is 3. The highest BCUT2D eigenvalue weighted by molar-refractivity contribution is 6.09. The van der Waals surface area contributed by atoms with Crippen molar-refractivity contribution in [2.45, 2.75) is 105 Å². The Hall–Kier alpha value is -4.64. The number of fused-ring (bicyclic) bond motifs is 3. The molecule has 0 spiro atoms. The van der Waals surface area contributed by atoms with Crippen LogP contribution in [0.25, 0.3) is 33.3 Å². The molecule has 6 aromatic rings. The molecule has 0 amide bonds. The summed E-state index contributed by atoms with van der Waals surface area (Å²) in [6.07, 6.45) is 7.67. The summed E-state index contributed by atoms with van der Waals surface area (Å²) in [4.78, 5) is 4.82. The SMILES string of the molecule is CCc1ccnc(-n2c3ccccc3c3ccc(Oc4cc(-n5nc(C)c(C6C(C)=CCC[C@@H]6C)c5C(C)(C)C)cc(C(C)(C)C)c4)cc32)c1. The van der Waals surface area contributed by atoms with Gasteiger partial charge in [-0.1, -0.05) is 85.2 Å². The van der Waals surface area contributed by atoms with Gasteiger partial charge in [0.25, 0.3) is 0 Å². The van der Waals surface area contributed by atoms with Crippen molar-refractivity contribution >= 4 is 21.8 Å². The van der Waals surface area contributed by atoms with E-state index in [9.17, 15) is 0 Å². The second-order valence-corrected chi connectivity index (χ2v) is 16.5. The first-order valence-corrected chi connectivity index (χ1v) is 18.3. The number of aryl methyl sites for hydroxylation is 2. The Labute approximate surface area is 298 Å². The quantitative estimate of drug-likeness (QED) is 0.166. The average molecular weight is 665 g/mol. The Morgan fingerprint density at radius 3 is 2.30 bits per heavy atom. The van der Waals surface area contributed by atoms with Gasteiger partial charge in [-0.05, 0) is 98.0 Å². The third kappa shape index (κ3) is 6.05. The first-order chi connectivity index (χ1) is 23.7. The van der Waals surface area contributed by atoms with Gasteiger partial charge in [-0.25, -0.2) is 9.67 Å². The maximum Gasteiger partial charge on any atom is 0.137 e. The molecule has 50 heavy (non-hydrogen) atoms. The molecule has 5 nitrogen and oxygen atoms in total. The maximum atomic E-state index is 6.85. The van der Waals surface area contributed by atoms with Crippen LogP contribution >= 0.6 is 0 Å². The number of hydrogen-bond donors (Lipinski definition) is 0. The molecular formula is C45H52N4O. The van der Waals surface area contributed by atoms with Crippen LogP contribution in [0.5, 0.6) is 11.5 Å². The Morgan fingerprint density at radius 2 is 1.58 bits per heavy atom. The monoisotopic (exact) mass is 664 g/mol. The number of rotatable bonds is 6. The van der Waals surface area contributed by atoms with Gasteiger partial charge in [-0.3, -0.25) is 4.57 Å². The van der Waals surface area contributed by atoms with Crippen molar-refractivity contribution in [3.05, 3.63) is 119 Å². The van der Waals surface area contributed by atoms with Crippen molar-refractivity contribution in [1.82, 2.24) is 19.3 Å². The van der Waals surface area contributed by atoms with Crippen LogP contribution in [0.15, 0.2) is 90.6 Å². The van der Waals surface area contributed by atoms with Crippen LogP contribution in [0.3, 0.4) is 0 Å². The normalized spacial score (nSPS) is 17.0. The summed E-state index contributed by atoms with van der Waals surface area (Å²) >= 11 is 0. The van der Waals surface area contributed by atoms with E-state index in [1.807, 2.05) is 6.20 Å². The second kappa shape index (κ2) is 12.6. The molecule has 0 fully saturated rings. The Morgan fingerprint density at radius 1 is 0.820 bits per heavy atom. The molecule has 3 aromatic heterocycles. The zero-order valence-electron chi connectivity index (χ0n) is 31.6. The Balaban J connectivity index is 1.38. The van der Waals surface area contributed by atoms with Gasteiger partial charge in [0.05, 0.1) is 28.1 Å². The van der Waals surface area contributed by atoms with E-state index in [1.54, 1.807) is 0 Å². The summed E-state index contributed by atoms with van der Waals surface area (Å²) in [5.74, 6) is 3.45. The molecule has 7 rings (SSSR count). The smallest absolute Gasteiger partial charge is 0.137 e. The van der Waals surface area contributed by atoms with Gasteiger partial charge in [-0.15, -0.1) is 0 Å². The molecule has 258 valence electrons. The van der Waals surface area contributed by atoms with Crippen LogP contribution in [0.4, 0.5) is 0 Å². The zero-order chi connectivity index (χ0) is 35.5. The maximum absolute atomic E-state index is 6.85. The van der Waals surface area contributed by atoms with Gasteiger partial charge in [0, 0.05) is 46.0 Å². The molecule has 1 aliphatic carbocycles. The van der Waals surface area contributed by atoms with Crippen LogP contribution in [0.1, 0.15) is 109 Å². The summed E-state index contributed by atoms with van der Waals surface area (Å²) < 4.78 is 11.3.